The van der Waals surface area contributed by atoms with Gasteiger partial charge in [0.25, 0.3) is 0 Å². The maximum atomic E-state index is 11.3. The summed E-state index contributed by atoms with van der Waals surface area (Å²) in [5, 5.41) is 0. The van der Waals surface area contributed by atoms with Crippen LogP contribution in [0.1, 0.15) is 30.7 Å². The van der Waals surface area contributed by atoms with Crippen LogP contribution in [0.25, 0.3) is 0 Å². The summed E-state index contributed by atoms with van der Waals surface area (Å²) in [5.41, 5.74) is 2.13. The van der Waals surface area contributed by atoms with Crippen LogP contribution < -0.4 is 0 Å². The fourth-order valence-electron chi connectivity index (χ4n) is 2.01. The van der Waals surface area contributed by atoms with Crippen molar-refractivity contribution in [2.24, 2.45) is 0 Å². The summed E-state index contributed by atoms with van der Waals surface area (Å²) in [6, 6.07) is 10.4. The van der Waals surface area contributed by atoms with Crippen molar-refractivity contribution in [2.45, 2.75) is 25.2 Å². The third kappa shape index (κ3) is 1.77. The predicted molar refractivity (Wildman–Crippen MR) is 57.2 cm³/mol. The molecule has 1 atom stereocenters. The van der Waals surface area contributed by atoms with Gasteiger partial charge in [-0.15, -0.1) is 0 Å². The second-order valence-electron chi connectivity index (χ2n) is 3.88. The van der Waals surface area contributed by atoms with E-state index in [0.29, 0.717) is 12.3 Å². The molecule has 1 aliphatic carbocycles. The molecule has 2 rings (SSSR count). The highest BCUT2D eigenvalue weighted by molar-refractivity contribution is 5.95. The predicted octanol–water partition coefficient (Wildman–Crippen LogP) is 3.08. The summed E-state index contributed by atoms with van der Waals surface area (Å²) >= 11 is 0. The van der Waals surface area contributed by atoms with E-state index in [9.17, 15) is 4.79 Å². The second-order valence-corrected chi connectivity index (χ2v) is 3.88. The van der Waals surface area contributed by atoms with Crippen LogP contribution in [-0.2, 0) is 4.79 Å². The Bertz CT molecular complexity index is 351. The summed E-state index contributed by atoms with van der Waals surface area (Å²) in [6.45, 7) is 3.82. The number of carbonyl (C=O) groups is 1. The maximum absolute atomic E-state index is 11.3. The lowest BCUT2D eigenvalue weighted by Gasteiger charge is -2.22. The molecule has 0 spiro atoms. The summed E-state index contributed by atoms with van der Waals surface area (Å²) < 4.78 is 0. The van der Waals surface area contributed by atoms with Gasteiger partial charge >= 0.3 is 0 Å². The van der Waals surface area contributed by atoms with E-state index in [4.69, 9.17) is 0 Å². The van der Waals surface area contributed by atoms with Crippen molar-refractivity contribution in [1.29, 1.82) is 0 Å². The third-order valence-corrected chi connectivity index (χ3v) is 2.88. The average molecular weight is 186 g/mol. The van der Waals surface area contributed by atoms with Gasteiger partial charge in [0.05, 0.1) is 0 Å². The molecule has 72 valence electrons. The number of carbonyl (C=O) groups excluding carboxylic acids is 1. The van der Waals surface area contributed by atoms with Crippen molar-refractivity contribution in [3.8, 4) is 0 Å². The maximum Gasteiger partial charge on any atom is 0.158 e. The zero-order chi connectivity index (χ0) is 9.97. The van der Waals surface area contributed by atoms with E-state index in [-0.39, 0.29) is 5.78 Å². The zero-order valence-electron chi connectivity index (χ0n) is 8.20. The Morgan fingerprint density at radius 2 is 1.93 bits per heavy atom. The van der Waals surface area contributed by atoms with Gasteiger partial charge in [-0.3, -0.25) is 4.79 Å². The van der Waals surface area contributed by atoms with Crippen LogP contribution in [-0.4, -0.2) is 5.78 Å². The lowest BCUT2D eigenvalue weighted by atomic mass is 9.81. The highest BCUT2D eigenvalue weighted by Crippen LogP contribution is 2.32. The highest BCUT2D eigenvalue weighted by atomic mass is 16.1. The summed E-state index contributed by atoms with van der Waals surface area (Å²) in [4.78, 5) is 11.3. The van der Waals surface area contributed by atoms with Crippen LogP contribution in [0.3, 0.4) is 0 Å². The van der Waals surface area contributed by atoms with Crippen molar-refractivity contribution >= 4 is 5.78 Å². The topological polar surface area (TPSA) is 17.1 Å². The van der Waals surface area contributed by atoms with Crippen LogP contribution in [0.5, 0.6) is 0 Å². The number of Topliss-reactive ketones (excluding diaryl/α,β-unsaturated/α-hetero) is 1. The summed E-state index contributed by atoms with van der Waals surface area (Å²) in [6.07, 6.45) is 2.48. The SMILES string of the molecule is C=C1CC(c2ccccc2)CCC1=O. The van der Waals surface area contributed by atoms with Gasteiger partial charge in [-0.1, -0.05) is 36.9 Å². The van der Waals surface area contributed by atoms with Gasteiger partial charge in [0.1, 0.15) is 0 Å². The molecule has 0 aromatic heterocycles. The molecule has 0 bridgehead atoms. The first-order chi connectivity index (χ1) is 6.77. The van der Waals surface area contributed by atoms with Crippen LogP contribution in [0, 0.1) is 0 Å². The molecule has 1 heteroatoms. The molecule has 1 aromatic carbocycles. The van der Waals surface area contributed by atoms with Gasteiger partial charge in [-0.05, 0) is 29.9 Å². The van der Waals surface area contributed by atoms with Crippen LogP contribution in [0.2, 0.25) is 0 Å². The van der Waals surface area contributed by atoms with E-state index in [1.165, 1.54) is 5.56 Å². The number of ketones is 1. The zero-order valence-corrected chi connectivity index (χ0v) is 8.20. The molecule has 1 nitrogen and oxygen atoms in total. The van der Waals surface area contributed by atoms with Crippen LogP contribution in [0.15, 0.2) is 42.5 Å². The molecule has 1 saturated carbocycles. The van der Waals surface area contributed by atoms with Gasteiger partial charge in [0.2, 0.25) is 0 Å². The normalized spacial score (nSPS) is 22.4. The van der Waals surface area contributed by atoms with Crippen molar-refractivity contribution in [3.63, 3.8) is 0 Å². The summed E-state index contributed by atoms with van der Waals surface area (Å²) in [5.74, 6) is 0.749. The first-order valence-corrected chi connectivity index (χ1v) is 5.03. The Morgan fingerprint density at radius 1 is 1.21 bits per heavy atom. The molecule has 0 saturated heterocycles. The van der Waals surface area contributed by atoms with Crippen LogP contribution >= 0.6 is 0 Å². The van der Waals surface area contributed by atoms with Gasteiger partial charge < -0.3 is 0 Å². The second kappa shape index (κ2) is 3.79. The Balaban J connectivity index is 2.14. The Hall–Kier alpha value is -1.37. The molecular weight excluding hydrogens is 172 g/mol. The summed E-state index contributed by atoms with van der Waals surface area (Å²) in [7, 11) is 0. The Morgan fingerprint density at radius 3 is 2.57 bits per heavy atom. The van der Waals surface area contributed by atoms with E-state index in [1.807, 2.05) is 6.07 Å². The number of hydrogen-bond acceptors (Lipinski definition) is 1. The van der Waals surface area contributed by atoms with E-state index in [1.54, 1.807) is 0 Å². The quantitative estimate of drug-likeness (QED) is 0.616. The standard InChI is InChI=1S/C13H14O/c1-10-9-12(7-8-13(10)14)11-5-3-2-4-6-11/h2-6,12H,1,7-9H2. The van der Waals surface area contributed by atoms with Crippen LogP contribution in [0.4, 0.5) is 0 Å². The monoisotopic (exact) mass is 186 g/mol. The lowest BCUT2D eigenvalue weighted by molar-refractivity contribution is -0.116. The molecule has 1 unspecified atom stereocenters. The van der Waals surface area contributed by atoms with Crippen molar-refractivity contribution in [2.75, 3.05) is 0 Å². The van der Waals surface area contributed by atoms with E-state index in [2.05, 4.69) is 30.8 Å². The molecule has 0 amide bonds. The lowest BCUT2D eigenvalue weighted by Crippen LogP contribution is -2.14. The highest BCUT2D eigenvalue weighted by Gasteiger charge is 2.22. The molecule has 1 fully saturated rings. The molecule has 0 heterocycles. The minimum atomic E-state index is 0.247. The average Bonchev–Trinajstić information content (AvgIpc) is 2.23. The van der Waals surface area contributed by atoms with E-state index in [0.717, 1.165) is 18.4 Å². The largest absolute Gasteiger partial charge is 0.295 e. The first-order valence-electron chi connectivity index (χ1n) is 5.03. The third-order valence-electron chi connectivity index (χ3n) is 2.88. The van der Waals surface area contributed by atoms with Crippen molar-refractivity contribution in [3.05, 3.63) is 48.0 Å². The van der Waals surface area contributed by atoms with Crippen molar-refractivity contribution in [1.82, 2.24) is 0 Å². The molecule has 1 aliphatic rings. The van der Waals surface area contributed by atoms with E-state index >= 15 is 0 Å². The van der Waals surface area contributed by atoms with E-state index < -0.39 is 0 Å². The van der Waals surface area contributed by atoms with Gasteiger partial charge in [0, 0.05) is 6.42 Å². The van der Waals surface area contributed by atoms with Gasteiger partial charge in [-0.2, -0.15) is 0 Å². The molecule has 0 radical (unpaired) electrons. The minimum Gasteiger partial charge on any atom is -0.295 e. The molecule has 1 aromatic rings. The molecular formula is C13H14O. The molecule has 0 N–H and O–H groups in total. The van der Waals surface area contributed by atoms with Gasteiger partial charge in [-0.25, -0.2) is 0 Å². The first kappa shape index (κ1) is 9.20. The Kier molecular flexibility index (Phi) is 2.49. The Labute approximate surface area is 84.5 Å². The number of rotatable bonds is 1. The molecule has 14 heavy (non-hydrogen) atoms. The number of hydrogen-bond donors (Lipinski definition) is 0. The van der Waals surface area contributed by atoms with Gasteiger partial charge in [0.15, 0.2) is 5.78 Å². The molecule has 0 aliphatic heterocycles. The van der Waals surface area contributed by atoms with Crippen molar-refractivity contribution < 1.29 is 4.79 Å². The fraction of sp³-hybridized carbons (Fsp3) is 0.308. The number of benzene rings is 1. The number of allylic oxidation sites excluding steroid dienone is 1. The smallest absolute Gasteiger partial charge is 0.158 e. The minimum absolute atomic E-state index is 0.247. The fourth-order valence-corrected chi connectivity index (χ4v) is 2.01.